The number of nitrogens with zero attached hydrogens (tertiary/aromatic N) is 6. The summed E-state index contributed by atoms with van der Waals surface area (Å²) in [4.78, 5) is 15.7. The lowest BCUT2D eigenvalue weighted by molar-refractivity contribution is 0.0254. The Morgan fingerprint density at radius 1 is 1.22 bits per heavy atom. The van der Waals surface area contributed by atoms with Gasteiger partial charge in [-0.1, -0.05) is 0 Å². The third-order valence-electron chi connectivity index (χ3n) is 9.64. The van der Waals surface area contributed by atoms with Crippen molar-refractivity contribution in [3.05, 3.63) is 35.2 Å². The molecule has 3 fully saturated rings. The molecule has 1 aliphatic carbocycles. The molecule has 2 aromatic rings. The van der Waals surface area contributed by atoms with Crippen molar-refractivity contribution in [3.63, 3.8) is 0 Å². The van der Waals surface area contributed by atoms with Gasteiger partial charge in [-0.3, -0.25) is 5.41 Å². The van der Waals surface area contributed by atoms with E-state index in [1.165, 1.54) is 0 Å². The molecule has 12 nitrogen and oxygen atoms in total. The number of anilines is 4. The topological polar surface area (TPSA) is 174 Å². The smallest absolute Gasteiger partial charge is 0.155 e. The van der Waals surface area contributed by atoms with Gasteiger partial charge in [-0.2, -0.15) is 5.26 Å². The highest BCUT2D eigenvalue weighted by Gasteiger charge is 2.48. The number of aliphatic hydroxyl groups is 1. The summed E-state index contributed by atoms with van der Waals surface area (Å²) in [6.45, 7) is 5.04. The van der Waals surface area contributed by atoms with Crippen LogP contribution in [-0.4, -0.2) is 85.1 Å². The molecule has 1 aromatic carbocycles. The highest BCUT2D eigenvalue weighted by atomic mass is 16.5. The van der Waals surface area contributed by atoms with Gasteiger partial charge in [0, 0.05) is 50.8 Å². The normalized spacial score (nSPS) is 27.0. The average Bonchev–Trinajstić information content (AvgIpc) is 3.24. The molecule has 4 aliphatic rings. The number of piperidine rings is 1. The Labute approximate surface area is 240 Å². The number of nitrogens with one attached hydrogen (secondary N) is 1. The van der Waals surface area contributed by atoms with Crippen LogP contribution in [0.25, 0.3) is 0 Å². The van der Waals surface area contributed by atoms with Crippen molar-refractivity contribution in [1.82, 2.24) is 9.97 Å². The number of methoxy groups -OCH3 is 1. The van der Waals surface area contributed by atoms with Gasteiger partial charge in [0.1, 0.15) is 11.4 Å². The Morgan fingerprint density at radius 3 is 2.61 bits per heavy atom. The minimum absolute atomic E-state index is 0.000698. The monoisotopic (exact) mass is 561 g/mol. The molecule has 2 saturated heterocycles. The summed E-state index contributed by atoms with van der Waals surface area (Å²) >= 11 is 0. The second-order valence-electron chi connectivity index (χ2n) is 11.8. The molecule has 0 amide bonds. The number of hydrogen-bond acceptors (Lipinski definition) is 11. The molecule has 3 aliphatic heterocycles. The van der Waals surface area contributed by atoms with Gasteiger partial charge in [-0.05, 0) is 50.8 Å². The van der Waals surface area contributed by atoms with Gasteiger partial charge in [0.05, 0.1) is 48.4 Å². The molecular formula is C29H39N9O3. The van der Waals surface area contributed by atoms with Crippen LogP contribution in [0.1, 0.15) is 49.6 Å². The van der Waals surface area contributed by atoms with Crippen LogP contribution < -0.4 is 26.2 Å². The molecule has 1 saturated carbocycles. The van der Waals surface area contributed by atoms with E-state index in [-0.39, 0.29) is 47.6 Å². The maximum absolute atomic E-state index is 10.3. The summed E-state index contributed by atoms with van der Waals surface area (Å²) in [5.74, 6) is 0.820. The Bertz CT molecular complexity index is 1360. The number of nitrogens with two attached hydrogens (primary N) is 2. The first kappa shape index (κ1) is 27.7. The summed E-state index contributed by atoms with van der Waals surface area (Å²) < 4.78 is 11.3. The van der Waals surface area contributed by atoms with Crippen molar-refractivity contribution in [3.8, 4) is 6.07 Å². The van der Waals surface area contributed by atoms with Gasteiger partial charge in [0.25, 0.3) is 0 Å². The quantitative estimate of drug-likeness (QED) is 0.308. The first-order chi connectivity index (χ1) is 19.8. The molecule has 1 spiro atoms. The minimum Gasteiger partial charge on any atom is -0.390 e. The van der Waals surface area contributed by atoms with E-state index in [4.69, 9.17) is 26.4 Å². The number of nitrogen functional groups attached to an aromatic ring is 1. The van der Waals surface area contributed by atoms with Crippen LogP contribution in [0.5, 0.6) is 0 Å². The van der Waals surface area contributed by atoms with Crippen LogP contribution in [-0.2, 0) is 16.1 Å². The second kappa shape index (κ2) is 10.7. The van der Waals surface area contributed by atoms with Crippen molar-refractivity contribution in [2.24, 2.45) is 11.1 Å². The zero-order valence-corrected chi connectivity index (χ0v) is 23.7. The summed E-state index contributed by atoms with van der Waals surface area (Å²) in [7, 11) is 1.74. The number of benzene rings is 1. The Kier molecular flexibility index (Phi) is 7.23. The van der Waals surface area contributed by atoms with Crippen LogP contribution in [0.3, 0.4) is 0 Å². The van der Waals surface area contributed by atoms with Crippen LogP contribution in [0, 0.1) is 22.2 Å². The van der Waals surface area contributed by atoms with E-state index in [2.05, 4.69) is 25.8 Å². The highest BCUT2D eigenvalue weighted by molar-refractivity contribution is 6.11. The van der Waals surface area contributed by atoms with Gasteiger partial charge in [0.15, 0.2) is 17.5 Å². The lowest BCUT2D eigenvalue weighted by Crippen LogP contribution is -2.54. The van der Waals surface area contributed by atoms with Crippen molar-refractivity contribution >= 4 is 28.8 Å². The average molecular weight is 562 g/mol. The van der Waals surface area contributed by atoms with Gasteiger partial charge >= 0.3 is 0 Å². The highest BCUT2D eigenvalue weighted by Crippen LogP contribution is 2.43. The molecule has 4 heterocycles. The number of ether oxygens (including phenoxy) is 2. The molecule has 218 valence electrons. The third kappa shape index (κ3) is 4.67. The number of aromatic nitrogens is 2. The molecule has 2 atom stereocenters. The SMILES string of the molecule is COC1CC(N2CCN(C(=N)c3nc(CO)c(N4CCC5(CC4)CO[C@@H](C)[C@H]5N)nc3N)c3ccc(C#N)cc32)C1. The fourth-order valence-electron chi connectivity index (χ4n) is 6.87. The van der Waals surface area contributed by atoms with E-state index >= 15 is 0 Å². The molecule has 0 radical (unpaired) electrons. The number of nitriles is 1. The first-order valence-electron chi connectivity index (χ1n) is 14.4. The van der Waals surface area contributed by atoms with Crippen molar-refractivity contribution in [2.75, 3.05) is 60.3 Å². The fraction of sp³-hybridized carbons (Fsp3) is 0.586. The number of rotatable bonds is 5. The van der Waals surface area contributed by atoms with Gasteiger partial charge in [-0.25, -0.2) is 9.97 Å². The minimum atomic E-state index is -0.317. The molecular weight excluding hydrogens is 522 g/mol. The molecule has 6 N–H and O–H groups in total. The third-order valence-corrected chi connectivity index (χ3v) is 9.64. The summed E-state index contributed by atoms with van der Waals surface area (Å²) in [5, 5.41) is 29.0. The predicted molar refractivity (Wildman–Crippen MR) is 156 cm³/mol. The van der Waals surface area contributed by atoms with Crippen molar-refractivity contribution in [2.45, 2.75) is 63.5 Å². The Balaban J connectivity index is 1.25. The van der Waals surface area contributed by atoms with Gasteiger partial charge < -0.3 is 40.7 Å². The van der Waals surface area contributed by atoms with Gasteiger partial charge in [0.2, 0.25) is 0 Å². The molecule has 1 aromatic heterocycles. The second-order valence-corrected chi connectivity index (χ2v) is 11.8. The first-order valence-corrected chi connectivity index (χ1v) is 14.4. The zero-order valence-electron chi connectivity index (χ0n) is 23.7. The number of fused-ring (bicyclic) bond motifs is 1. The lowest BCUT2D eigenvalue weighted by atomic mass is 9.73. The standard InChI is InChI=1S/C29H39N9O3/c1-17-25(31)29(16-41-17)5-7-36(8-6-29)28-21(15-39)34-24(26(32)35-28)27(33)38-10-9-37(19-12-20(13-19)40-2)23-11-18(14-30)3-4-22(23)38/h3-4,11,17,19-20,25,33,39H,5-10,12-13,15-16,31H2,1-2H3,(H2,32,35)/t17-,19?,20?,25+/m0/s1. The van der Waals surface area contributed by atoms with E-state index in [1.807, 2.05) is 24.0 Å². The van der Waals surface area contributed by atoms with E-state index in [0.29, 0.717) is 55.9 Å². The number of amidine groups is 1. The van der Waals surface area contributed by atoms with E-state index in [9.17, 15) is 10.4 Å². The summed E-state index contributed by atoms with van der Waals surface area (Å²) in [5.41, 5.74) is 15.8. The van der Waals surface area contributed by atoms with Crippen molar-refractivity contribution in [1.29, 1.82) is 10.7 Å². The molecule has 12 heteroatoms. The van der Waals surface area contributed by atoms with Crippen LogP contribution in [0.4, 0.5) is 23.0 Å². The zero-order chi connectivity index (χ0) is 28.9. The lowest BCUT2D eigenvalue weighted by Gasteiger charge is -2.48. The van der Waals surface area contributed by atoms with Crippen LogP contribution >= 0.6 is 0 Å². The molecule has 0 bridgehead atoms. The van der Waals surface area contributed by atoms with Gasteiger partial charge in [-0.15, -0.1) is 0 Å². The van der Waals surface area contributed by atoms with Crippen LogP contribution in [0.15, 0.2) is 18.2 Å². The molecule has 6 rings (SSSR count). The largest absolute Gasteiger partial charge is 0.390 e. The Morgan fingerprint density at radius 2 is 1.98 bits per heavy atom. The number of aliphatic hydroxyl groups excluding tert-OH is 1. The number of hydrogen-bond donors (Lipinski definition) is 4. The summed E-state index contributed by atoms with van der Waals surface area (Å²) in [6, 6.07) is 8.10. The molecule has 41 heavy (non-hydrogen) atoms. The predicted octanol–water partition coefficient (Wildman–Crippen LogP) is 1.58. The van der Waals surface area contributed by atoms with E-state index < -0.39 is 0 Å². The molecule has 0 unspecified atom stereocenters. The fourth-order valence-corrected chi connectivity index (χ4v) is 6.87. The Hall–Kier alpha value is -3.50. The van der Waals surface area contributed by atoms with E-state index in [1.54, 1.807) is 13.2 Å². The maximum atomic E-state index is 10.3. The van der Waals surface area contributed by atoms with Crippen molar-refractivity contribution < 1.29 is 14.6 Å². The van der Waals surface area contributed by atoms with E-state index in [0.717, 1.165) is 37.1 Å². The van der Waals surface area contributed by atoms with Crippen LogP contribution in [0.2, 0.25) is 0 Å². The summed E-state index contributed by atoms with van der Waals surface area (Å²) in [6.07, 6.45) is 3.88. The maximum Gasteiger partial charge on any atom is 0.155 e.